The number of benzene rings is 2. The maximum Gasteiger partial charge on any atom is 0.323 e. The van der Waals surface area contributed by atoms with E-state index in [4.69, 9.17) is 17.0 Å². The largest absolute Gasteiger partial charge is 0.454 e. The smallest absolute Gasteiger partial charge is 0.323 e. The number of hydrogen-bond acceptors (Lipinski definition) is 6. The van der Waals surface area contributed by atoms with Crippen LogP contribution in [0, 0.1) is 11.7 Å². The Hall–Kier alpha value is -4.09. The van der Waals surface area contributed by atoms with Crippen LogP contribution in [-0.4, -0.2) is 65.6 Å². The Morgan fingerprint density at radius 1 is 1.12 bits per heavy atom. The van der Waals surface area contributed by atoms with Crippen molar-refractivity contribution in [2.24, 2.45) is 5.92 Å². The number of urea groups is 1. The van der Waals surface area contributed by atoms with Crippen LogP contribution in [0.1, 0.15) is 18.4 Å². The zero-order chi connectivity index (χ0) is 28.5. The molecule has 2 heterocycles. The van der Waals surface area contributed by atoms with Gasteiger partial charge < -0.3 is 25.2 Å². The number of pyridine rings is 1. The summed E-state index contributed by atoms with van der Waals surface area (Å²) in [6.07, 6.45) is 3.71. The fourth-order valence-corrected chi connectivity index (χ4v) is 4.78. The van der Waals surface area contributed by atoms with Gasteiger partial charge in [-0.25, -0.2) is 14.2 Å². The van der Waals surface area contributed by atoms with Crippen molar-refractivity contribution in [3.05, 3.63) is 78.2 Å². The minimum atomic E-state index is -0.633. The summed E-state index contributed by atoms with van der Waals surface area (Å²) in [7, 11) is 4.06. The van der Waals surface area contributed by atoms with Gasteiger partial charge in [-0.3, -0.25) is 10.1 Å². The zero-order valence-corrected chi connectivity index (χ0v) is 23.3. The quantitative estimate of drug-likeness (QED) is 0.336. The lowest BCUT2D eigenvalue weighted by Crippen LogP contribution is -2.44. The summed E-state index contributed by atoms with van der Waals surface area (Å²) >= 11 is 5.19. The Kier molecular flexibility index (Phi) is 9.98. The molecule has 0 unspecified atom stereocenters. The Bertz CT molecular complexity index is 1340. The summed E-state index contributed by atoms with van der Waals surface area (Å²) in [5.41, 5.74) is 1.21. The van der Waals surface area contributed by atoms with Crippen LogP contribution in [0.3, 0.4) is 0 Å². The summed E-state index contributed by atoms with van der Waals surface area (Å²) in [6.45, 7) is 2.31. The average Bonchev–Trinajstić information content (AvgIpc) is 2.90. The van der Waals surface area contributed by atoms with E-state index in [-0.39, 0.29) is 29.2 Å². The summed E-state index contributed by atoms with van der Waals surface area (Å²) < 4.78 is 20.5. The molecule has 3 amide bonds. The van der Waals surface area contributed by atoms with E-state index < -0.39 is 5.82 Å². The molecule has 1 aliphatic rings. The Morgan fingerprint density at radius 3 is 2.67 bits per heavy atom. The molecule has 1 aliphatic heterocycles. The molecule has 1 aromatic heterocycles. The predicted molar refractivity (Wildman–Crippen MR) is 157 cm³/mol. The number of anilines is 2. The molecule has 210 valence electrons. The van der Waals surface area contributed by atoms with Crippen molar-refractivity contribution in [2.45, 2.75) is 19.3 Å². The molecule has 11 heteroatoms. The van der Waals surface area contributed by atoms with Gasteiger partial charge in [-0.05, 0) is 68.8 Å². The molecule has 0 radical (unpaired) electrons. The number of amides is 3. The molecule has 0 saturated carbocycles. The molecular formula is C29H33FN6O3S. The zero-order valence-electron chi connectivity index (χ0n) is 22.5. The van der Waals surface area contributed by atoms with Crippen LogP contribution >= 0.6 is 12.2 Å². The summed E-state index contributed by atoms with van der Waals surface area (Å²) in [4.78, 5) is 33.2. The number of likely N-dealkylation sites (tertiary alicyclic amines) is 1. The van der Waals surface area contributed by atoms with Gasteiger partial charge in [0.1, 0.15) is 11.6 Å². The fourth-order valence-electron chi connectivity index (χ4n) is 4.55. The molecule has 9 nitrogen and oxygen atoms in total. The van der Waals surface area contributed by atoms with E-state index in [9.17, 15) is 14.0 Å². The number of aromatic nitrogens is 1. The first-order valence-electron chi connectivity index (χ1n) is 13.0. The van der Waals surface area contributed by atoms with E-state index >= 15 is 0 Å². The van der Waals surface area contributed by atoms with Gasteiger partial charge in [0.2, 0.25) is 5.91 Å². The van der Waals surface area contributed by atoms with Gasteiger partial charge in [0.05, 0.1) is 6.42 Å². The van der Waals surface area contributed by atoms with Gasteiger partial charge >= 0.3 is 6.03 Å². The molecular weight excluding hydrogens is 531 g/mol. The maximum absolute atomic E-state index is 14.8. The Morgan fingerprint density at radius 2 is 1.93 bits per heavy atom. The molecule has 0 spiro atoms. The second-order valence-corrected chi connectivity index (χ2v) is 10.3. The highest BCUT2D eigenvalue weighted by Gasteiger charge is 2.24. The number of rotatable bonds is 8. The van der Waals surface area contributed by atoms with Crippen LogP contribution in [0.15, 0.2) is 66.9 Å². The van der Waals surface area contributed by atoms with Crippen molar-refractivity contribution in [3.63, 3.8) is 0 Å². The van der Waals surface area contributed by atoms with Crippen LogP contribution in [0.25, 0.3) is 0 Å². The summed E-state index contributed by atoms with van der Waals surface area (Å²) in [5.74, 6) is 0.128. The molecule has 1 atom stereocenters. The predicted octanol–water partition coefficient (Wildman–Crippen LogP) is 4.87. The van der Waals surface area contributed by atoms with Gasteiger partial charge in [0.15, 0.2) is 16.7 Å². The molecule has 2 aromatic carbocycles. The molecule has 40 heavy (non-hydrogen) atoms. The molecule has 1 saturated heterocycles. The van der Waals surface area contributed by atoms with Crippen molar-refractivity contribution in [2.75, 3.05) is 44.4 Å². The highest BCUT2D eigenvalue weighted by Crippen LogP contribution is 2.28. The van der Waals surface area contributed by atoms with Crippen LogP contribution in [-0.2, 0) is 11.2 Å². The highest BCUT2D eigenvalue weighted by atomic mass is 32.1. The van der Waals surface area contributed by atoms with Crippen LogP contribution < -0.4 is 20.7 Å². The molecule has 1 fully saturated rings. The van der Waals surface area contributed by atoms with Crippen molar-refractivity contribution in [3.8, 4) is 11.5 Å². The van der Waals surface area contributed by atoms with Crippen molar-refractivity contribution in [1.82, 2.24) is 20.1 Å². The van der Waals surface area contributed by atoms with E-state index in [1.165, 1.54) is 18.3 Å². The van der Waals surface area contributed by atoms with Gasteiger partial charge in [0, 0.05) is 43.7 Å². The van der Waals surface area contributed by atoms with Crippen molar-refractivity contribution < 1.29 is 18.7 Å². The Balaban J connectivity index is 1.30. The average molecular weight is 565 g/mol. The number of ether oxygens (including phenoxy) is 1. The molecule has 4 rings (SSSR count). The number of halogens is 1. The summed E-state index contributed by atoms with van der Waals surface area (Å²) in [6, 6.07) is 16.4. The van der Waals surface area contributed by atoms with E-state index in [1.807, 2.05) is 44.4 Å². The lowest BCUT2D eigenvalue weighted by molar-refractivity contribution is -0.119. The molecule has 0 aliphatic carbocycles. The SMILES string of the molecule is CN(C)C[C@@H]1CCCN(C(=O)Nc2cc(Oc3ccc(NC(=S)NC(=O)Cc4ccccc4)cc3F)ccn2)C1. The number of carbonyl (C=O) groups excluding carboxylic acids is 2. The summed E-state index contributed by atoms with van der Waals surface area (Å²) in [5, 5.41) is 8.27. The van der Waals surface area contributed by atoms with E-state index in [2.05, 4.69) is 25.8 Å². The monoisotopic (exact) mass is 564 g/mol. The minimum absolute atomic E-state index is 0.0179. The number of thiocarbonyl (C=S) groups is 1. The first-order valence-corrected chi connectivity index (χ1v) is 13.4. The second kappa shape index (κ2) is 13.8. The number of hydrogen-bond donors (Lipinski definition) is 3. The third-order valence-electron chi connectivity index (χ3n) is 6.27. The second-order valence-electron chi connectivity index (χ2n) is 9.94. The first-order chi connectivity index (χ1) is 19.2. The number of nitrogens with zero attached hydrogens (tertiary/aromatic N) is 3. The van der Waals surface area contributed by atoms with Crippen molar-refractivity contribution >= 4 is 40.8 Å². The Labute approximate surface area is 238 Å². The van der Waals surface area contributed by atoms with E-state index in [0.717, 1.165) is 24.9 Å². The van der Waals surface area contributed by atoms with E-state index in [1.54, 1.807) is 23.1 Å². The number of carbonyl (C=O) groups is 2. The van der Waals surface area contributed by atoms with Crippen LogP contribution in [0.4, 0.5) is 20.7 Å². The third-order valence-corrected chi connectivity index (χ3v) is 6.48. The van der Waals surface area contributed by atoms with Crippen molar-refractivity contribution in [1.29, 1.82) is 0 Å². The molecule has 0 bridgehead atoms. The lowest BCUT2D eigenvalue weighted by Gasteiger charge is -2.33. The minimum Gasteiger partial charge on any atom is -0.454 e. The highest BCUT2D eigenvalue weighted by molar-refractivity contribution is 7.80. The van der Waals surface area contributed by atoms with Crippen LogP contribution in [0.2, 0.25) is 0 Å². The van der Waals surface area contributed by atoms with Gasteiger partial charge in [0.25, 0.3) is 0 Å². The topological polar surface area (TPSA) is 98.8 Å². The van der Waals surface area contributed by atoms with Gasteiger partial charge in [-0.15, -0.1) is 0 Å². The standard InChI is InChI=1S/C29H33FN6O3S/c1-35(2)18-21-9-6-14-36(19-21)29(38)33-26-17-23(12-13-31-26)39-25-11-10-22(16-24(25)30)32-28(40)34-27(37)15-20-7-4-3-5-8-20/h3-5,7-8,10-13,16-17,21H,6,9,14-15,18-19H2,1-2H3,(H,31,33,38)(H2,32,34,37,40)/t21-/m0/s1. The number of nitrogens with one attached hydrogen (secondary N) is 3. The normalized spacial score (nSPS) is 14.9. The third kappa shape index (κ3) is 8.72. The van der Waals surface area contributed by atoms with Crippen LogP contribution in [0.5, 0.6) is 11.5 Å². The molecule has 3 aromatic rings. The first kappa shape index (κ1) is 28.9. The van der Waals surface area contributed by atoms with Gasteiger partial charge in [-0.2, -0.15) is 0 Å². The maximum atomic E-state index is 14.8. The molecule has 3 N–H and O–H groups in total. The van der Waals surface area contributed by atoms with E-state index in [0.29, 0.717) is 36.3 Å². The lowest BCUT2D eigenvalue weighted by atomic mass is 9.98. The number of piperidine rings is 1. The van der Waals surface area contributed by atoms with Gasteiger partial charge in [-0.1, -0.05) is 30.3 Å². The fraction of sp³-hybridized carbons (Fsp3) is 0.310.